The summed E-state index contributed by atoms with van der Waals surface area (Å²) in [6.45, 7) is 4.58. The van der Waals surface area contributed by atoms with Gasteiger partial charge in [-0.1, -0.05) is 6.92 Å². The van der Waals surface area contributed by atoms with E-state index in [1.807, 2.05) is 38.1 Å². The van der Waals surface area contributed by atoms with Gasteiger partial charge in [-0.25, -0.2) is 4.98 Å². The van der Waals surface area contributed by atoms with Gasteiger partial charge < -0.3 is 10.1 Å². The van der Waals surface area contributed by atoms with E-state index in [2.05, 4.69) is 15.7 Å². The van der Waals surface area contributed by atoms with Crippen LogP contribution in [0.4, 0.5) is 0 Å². The summed E-state index contributed by atoms with van der Waals surface area (Å²) in [5, 5.41) is 6.16. The van der Waals surface area contributed by atoms with E-state index in [4.69, 9.17) is 4.74 Å². The molecule has 0 radical (unpaired) electrons. The third-order valence-electron chi connectivity index (χ3n) is 3.37. The van der Waals surface area contributed by atoms with Crippen LogP contribution in [0, 0.1) is 6.92 Å². The molecule has 124 valence electrons. The third kappa shape index (κ3) is 5.64. The van der Waals surface area contributed by atoms with E-state index in [9.17, 15) is 4.79 Å². The zero-order valence-electron chi connectivity index (χ0n) is 13.7. The second-order valence-corrected chi connectivity index (χ2v) is 7.32. The van der Waals surface area contributed by atoms with E-state index in [0.717, 1.165) is 27.8 Å². The molecule has 1 unspecified atom stereocenters. The lowest BCUT2D eigenvalue weighted by Crippen LogP contribution is -2.37. The summed E-state index contributed by atoms with van der Waals surface area (Å²) in [7, 11) is 1.64. The van der Waals surface area contributed by atoms with Gasteiger partial charge in [-0.2, -0.15) is 0 Å². The highest BCUT2D eigenvalue weighted by Gasteiger charge is 2.12. The van der Waals surface area contributed by atoms with Gasteiger partial charge in [0.05, 0.1) is 23.4 Å². The molecule has 0 fully saturated rings. The predicted octanol–water partition coefficient (Wildman–Crippen LogP) is 3.90. The van der Waals surface area contributed by atoms with Crippen molar-refractivity contribution in [2.24, 2.45) is 0 Å². The molecule has 1 amide bonds. The molecule has 1 heterocycles. The number of thioether (sulfide) groups is 1. The Balaban J connectivity index is 1.89. The van der Waals surface area contributed by atoms with Crippen LogP contribution in [0.2, 0.25) is 0 Å². The van der Waals surface area contributed by atoms with E-state index in [-0.39, 0.29) is 11.9 Å². The number of rotatable bonds is 8. The molecule has 2 rings (SSSR count). The Morgan fingerprint density at radius 3 is 2.70 bits per heavy atom. The molecule has 1 aromatic carbocycles. The normalized spacial score (nSPS) is 12.1. The van der Waals surface area contributed by atoms with E-state index >= 15 is 0 Å². The second-order valence-electron chi connectivity index (χ2n) is 5.20. The minimum absolute atomic E-state index is 0.0504. The highest BCUT2D eigenvalue weighted by atomic mass is 32.2. The molecule has 2 aromatic rings. The highest BCUT2D eigenvalue weighted by Crippen LogP contribution is 2.23. The van der Waals surface area contributed by atoms with E-state index in [1.54, 1.807) is 30.2 Å². The SMILES string of the molecule is CCC(COC)NC(=O)c1ccc(SCc2csc(C)n2)cc1. The summed E-state index contributed by atoms with van der Waals surface area (Å²) in [5.74, 6) is 0.794. The lowest BCUT2D eigenvalue weighted by Gasteiger charge is -2.15. The van der Waals surface area contributed by atoms with Crippen LogP contribution in [0.5, 0.6) is 0 Å². The highest BCUT2D eigenvalue weighted by molar-refractivity contribution is 7.98. The third-order valence-corrected chi connectivity index (χ3v) is 5.23. The van der Waals surface area contributed by atoms with E-state index < -0.39 is 0 Å². The number of thiazole rings is 1. The number of amides is 1. The van der Waals surface area contributed by atoms with Crippen molar-refractivity contribution in [3.05, 3.63) is 45.9 Å². The van der Waals surface area contributed by atoms with Crippen molar-refractivity contribution in [1.82, 2.24) is 10.3 Å². The molecule has 1 atom stereocenters. The first-order valence-electron chi connectivity index (χ1n) is 7.56. The van der Waals surface area contributed by atoms with Crippen molar-refractivity contribution >= 4 is 29.0 Å². The van der Waals surface area contributed by atoms with Crippen LogP contribution in [0.25, 0.3) is 0 Å². The van der Waals surface area contributed by atoms with Crippen LogP contribution in [0.15, 0.2) is 34.5 Å². The number of carbonyl (C=O) groups is 1. The number of nitrogens with zero attached hydrogens (tertiary/aromatic N) is 1. The topological polar surface area (TPSA) is 51.2 Å². The number of aromatic nitrogens is 1. The van der Waals surface area contributed by atoms with Gasteiger partial charge in [0.15, 0.2) is 0 Å². The van der Waals surface area contributed by atoms with Crippen molar-refractivity contribution in [2.45, 2.75) is 37.0 Å². The first kappa shape index (κ1) is 18.0. The Hall–Kier alpha value is -1.37. The minimum Gasteiger partial charge on any atom is -0.383 e. The summed E-state index contributed by atoms with van der Waals surface area (Å²) >= 11 is 3.40. The molecule has 0 aliphatic heterocycles. The van der Waals surface area contributed by atoms with Crippen molar-refractivity contribution in [1.29, 1.82) is 0 Å². The Bertz CT molecular complexity index is 626. The number of nitrogens with one attached hydrogen (secondary N) is 1. The molecular formula is C17H22N2O2S2. The van der Waals surface area contributed by atoms with Crippen LogP contribution in [-0.4, -0.2) is 30.6 Å². The van der Waals surface area contributed by atoms with Crippen LogP contribution in [-0.2, 0) is 10.5 Å². The molecule has 0 aliphatic rings. The van der Waals surface area contributed by atoms with Gasteiger partial charge in [0, 0.05) is 28.7 Å². The average Bonchev–Trinajstić information content (AvgIpc) is 2.98. The Morgan fingerprint density at radius 1 is 1.39 bits per heavy atom. The largest absolute Gasteiger partial charge is 0.383 e. The number of ether oxygens (including phenoxy) is 1. The maximum atomic E-state index is 12.2. The molecule has 1 aromatic heterocycles. The fraction of sp³-hybridized carbons (Fsp3) is 0.412. The van der Waals surface area contributed by atoms with Gasteiger partial charge in [0.2, 0.25) is 0 Å². The molecule has 6 heteroatoms. The van der Waals surface area contributed by atoms with Crippen LogP contribution in [0.1, 0.15) is 34.4 Å². The summed E-state index contributed by atoms with van der Waals surface area (Å²) in [6.07, 6.45) is 0.848. The summed E-state index contributed by atoms with van der Waals surface area (Å²) in [5.41, 5.74) is 1.78. The molecule has 23 heavy (non-hydrogen) atoms. The minimum atomic E-state index is -0.0550. The first-order chi connectivity index (χ1) is 11.1. The number of benzene rings is 1. The number of aryl methyl sites for hydroxylation is 1. The zero-order chi connectivity index (χ0) is 16.7. The molecule has 0 spiro atoms. The Morgan fingerprint density at radius 2 is 2.13 bits per heavy atom. The quantitative estimate of drug-likeness (QED) is 0.734. The molecule has 0 saturated carbocycles. The van der Waals surface area contributed by atoms with Crippen LogP contribution >= 0.6 is 23.1 Å². The zero-order valence-corrected chi connectivity index (χ0v) is 15.3. The molecule has 0 aliphatic carbocycles. The van der Waals surface area contributed by atoms with E-state index in [1.165, 1.54) is 0 Å². The molecule has 1 N–H and O–H groups in total. The number of hydrogen-bond donors (Lipinski definition) is 1. The Kier molecular flexibility index (Phi) is 7.08. The monoisotopic (exact) mass is 350 g/mol. The van der Waals surface area contributed by atoms with Gasteiger partial charge in [0.25, 0.3) is 5.91 Å². The molecule has 4 nitrogen and oxygen atoms in total. The summed E-state index contributed by atoms with van der Waals surface area (Å²) in [4.78, 5) is 17.8. The smallest absolute Gasteiger partial charge is 0.251 e. The average molecular weight is 351 g/mol. The van der Waals surface area contributed by atoms with Crippen molar-refractivity contribution < 1.29 is 9.53 Å². The van der Waals surface area contributed by atoms with Crippen molar-refractivity contribution in [3.8, 4) is 0 Å². The Labute approximate surface area is 145 Å². The lowest BCUT2D eigenvalue weighted by molar-refractivity contribution is 0.0894. The summed E-state index contributed by atoms with van der Waals surface area (Å²) < 4.78 is 5.10. The number of hydrogen-bond acceptors (Lipinski definition) is 5. The van der Waals surface area contributed by atoms with Crippen LogP contribution in [0.3, 0.4) is 0 Å². The van der Waals surface area contributed by atoms with Crippen molar-refractivity contribution in [2.75, 3.05) is 13.7 Å². The molecular weight excluding hydrogens is 328 g/mol. The predicted molar refractivity (Wildman–Crippen MR) is 96.3 cm³/mol. The second kappa shape index (κ2) is 9.05. The van der Waals surface area contributed by atoms with E-state index in [0.29, 0.717) is 12.2 Å². The lowest BCUT2D eigenvalue weighted by atomic mass is 10.2. The number of carbonyl (C=O) groups excluding carboxylic acids is 1. The molecule has 0 saturated heterocycles. The fourth-order valence-corrected chi connectivity index (χ4v) is 3.57. The van der Waals surface area contributed by atoms with Gasteiger partial charge in [-0.15, -0.1) is 23.1 Å². The van der Waals surface area contributed by atoms with Crippen molar-refractivity contribution in [3.63, 3.8) is 0 Å². The maximum absolute atomic E-state index is 12.2. The fourth-order valence-electron chi connectivity index (χ4n) is 2.07. The van der Waals surface area contributed by atoms with Gasteiger partial charge in [-0.3, -0.25) is 4.79 Å². The molecule has 0 bridgehead atoms. The maximum Gasteiger partial charge on any atom is 0.251 e. The number of methoxy groups -OCH3 is 1. The van der Waals surface area contributed by atoms with Gasteiger partial charge >= 0.3 is 0 Å². The van der Waals surface area contributed by atoms with Gasteiger partial charge in [-0.05, 0) is 37.6 Å². The standard InChI is InChI=1S/C17H22N2O2S2/c1-4-14(9-21-3)19-17(20)13-5-7-16(8-6-13)23-11-15-10-22-12(2)18-15/h5-8,10,14H,4,9,11H2,1-3H3,(H,19,20). The van der Waals surface area contributed by atoms with Crippen LogP contribution < -0.4 is 5.32 Å². The summed E-state index contributed by atoms with van der Waals surface area (Å²) in [6, 6.07) is 7.74. The first-order valence-corrected chi connectivity index (χ1v) is 9.42. The van der Waals surface area contributed by atoms with Gasteiger partial charge in [0.1, 0.15) is 0 Å².